The van der Waals surface area contributed by atoms with Crippen LogP contribution < -0.4 is 4.90 Å². The van der Waals surface area contributed by atoms with Crippen LogP contribution in [-0.2, 0) is 11.3 Å². The van der Waals surface area contributed by atoms with Crippen molar-refractivity contribution in [1.29, 1.82) is 0 Å². The Balaban J connectivity index is 1.86. The Bertz CT molecular complexity index is 842. The molecule has 1 aromatic carbocycles. The van der Waals surface area contributed by atoms with Crippen molar-refractivity contribution in [3.8, 4) is 0 Å². The number of carbonyl (C=O) groups is 1. The number of nitrogens with zero attached hydrogens (tertiary/aromatic N) is 4. The van der Waals surface area contributed by atoms with E-state index in [9.17, 15) is 4.79 Å². The van der Waals surface area contributed by atoms with Gasteiger partial charge in [-0.1, -0.05) is 19.9 Å². The molecule has 6 heteroatoms. The van der Waals surface area contributed by atoms with Crippen molar-refractivity contribution in [2.75, 3.05) is 24.5 Å². The first-order chi connectivity index (χ1) is 13.4. The van der Waals surface area contributed by atoms with Crippen LogP contribution in [0.15, 0.2) is 28.7 Å². The summed E-state index contributed by atoms with van der Waals surface area (Å²) < 4.78 is 1.06. The number of aromatic nitrogens is 2. The molecule has 0 saturated carbocycles. The summed E-state index contributed by atoms with van der Waals surface area (Å²) in [6, 6.07) is 8.55. The second kappa shape index (κ2) is 9.14. The van der Waals surface area contributed by atoms with E-state index < -0.39 is 0 Å². The quantitative estimate of drug-likeness (QED) is 0.627. The third-order valence-electron chi connectivity index (χ3n) is 5.18. The molecule has 3 rings (SSSR count). The van der Waals surface area contributed by atoms with Gasteiger partial charge in [-0.3, -0.25) is 9.69 Å². The number of ketones is 1. The lowest BCUT2D eigenvalue weighted by Gasteiger charge is -2.27. The maximum absolute atomic E-state index is 11.5. The Kier molecular flexibility index (Phi) is 6.83. The van der Waals surface area contributed by atoms with E-state index in [1.807, 2.05) is 13.0 Å². The molecule has 28 heavy (non-hydrogen) atoms. The Morgan fingerprint density at radius 1 is 1.18 bits per heavy atom. The highest BCUT2D eigenvalue weighted by Crippen LogP contribution is 2.33. The van der Waals surface area contributed by atoms with Crippen molar-refractivity contribution in [3.63, 3.8) is 0 Å². The van der Waals surface area contributed by atoms with Gasteiger partial charge in [0, 0.05) is 49.2 Å². The van der Waals surface area contributed by atoms with Gasteiger partial charge in [-0.05, 0) is 59.5 Å². The smallest absolute Gasteiger partial charge is 0.230 e. The number of benzene rings is 1. The van der Waals surface area contributed by atoms with Crippen LogP contribution >= 0.6 is 15.9 Å². The molecule has 0 bridgehead atoms. The first-order valence-electron chi connectivity index (χ1n) is 10.0. The van der Waals surface area contributed by atoms with Crippen LogP contribution in [0.5, 0.6) is 0 Å². The summed E-state index contributed by atoms with van der Waals surface area (Å²) in [5.74, 6) is 1.57. The Morgan fingerprint density at radius 2 is 1.89 bits per heavy atom. The summed E-state index contributed by atoms with van der Waals surface area (Å²) in [6.45, 7) is 11.7. The summed E-state index contributed by atoms with van der Waals surface area (Å²) in [4.78, 5) is 25.5. The third kappa shape index (κ3) is 4.97. The average molecular weight is 445 g/mol. The second-order valence-corrected chi connectivity index (χ2v) is 8.58. The number of anilines is 2. The van der Waals surface area contributed by atoms with E-state index in [0.717, 1.165) is 53.7 Å². The molecule has 5 nitrogen and oxygen atoms in total. The van der Waals surface area contributed by atoms with Crippen LogP contribution in [0.4, 0.5) is 11.6 Å². The zero-order valence-corrected chi connectivity index (χ0v) is 18.8. The molecule has 1 aliphatic rings. The highest BCUT2D eigenvalue weighted by atomic mass is 79.9. The van der Waals surface area contributed by atoms with Gasteiger partial charge in [0.05, 0.1) is 11.4 Å². The molecule has 0 amide bonds. The Labute approximate surface area is 176 Å². The van der Waals surface area contributed by atoms with E-state index >= 15 is 0 Å². The Hall–Kier alpha value is -1.79. The van der Waals surface area contributed by atoms with Gasteiger partial charge in [0.15, 0.2) is 0 Å². The van der Waals surface area contributed by atoms with E-state index in [0.29, 0.717) is 24.5 Å². The average Bonchev–Trinajstić information content (AvgIpc) is 2.65. The normalized spacial score (nSPS) is 15.3. The SMILES string of the molecule is CCN(c1nc(C)cc(CN2CCC(=O)CC2)n1)c1ccc(C(C)C)cc1Br. The minimum atomic E-state index is 0.364. The predicted molar refractivity (Wildman–Crippen MR) is 117 cm³/mol. The van der Waals surface area contributed by atoms with E-state index in [4.69, 9.17) is 9.97 Å². The molecule has 0 spiro atoms. The van der Waals surface area contributed by atoms with Crippen LogP contribution in [0, 0.1) is 6.92 Å². The predicted octanol–water partition coefficient (Wildman–Crippen LogP) is 4.99. The molecular weight excluding hydrogens is 416 g/mol. The number of hydrogen-bond donors (Lipinski definition) is 0. The number of halogens is 1. The summed E-state index contributed by atoms with van der Waals surface area (Å²) in [5.41, 5.74) is 4.34. The maximum atomic E-state index is 11.5. The first-order valence-corrected chi connectivity index (χ1v) is 10.8. The van der Waals surface area contributed by atoms with E-state index in [1.165, 1.54) is 5.56 Å². The number of likely N-dealkylation sites (tertiary alicyclic amines) is 1. The molecule has 2 heterocycles. The van der Waals surface area contributed by atoms with E-state index in [-0.39, 0.29) is 0 Å². The van der Waals surface area contributed by atoms with E-state index in [1.54, 1.807) is 0 Å². The van der Waals surface area contributed by atoms with Crippen LogP contribution in [-0.4, -0.2) is 40.3 Å². The highest BCUT2D eigenvalue weighted by molar-refractivity contribution is 9.10. The zero-order chi connectivity index (χ0) is 20.3. The van der Waals surface area contributed by atoms with Gasteiger partial charge < -0.3 is 4.90 Å². The topological polar surface area (TPSA) is 49.3 Å². The van der Waals surface area contributed by atoms with Crippen LogP contribution in [0.25, 0.3) is 0 Å². The van der Waals surface area contributed by atoms with Gasteiger partial charge in [-0.15, -0.1) is 0 Å². The zero-order valence-electron chi connectivity index (χ0n) is 17.2. The van der Waals surface area contributed by atoms with Crippen molar-refractivity contribution in [3.05, 3.63) is 45.7 Å². The van der Waals surface area contributed by atoms with Crippen LogP contribution in [0.3, 0.4) is 0 Å². The monoisotopic (exact) mass is 444 g/mol. The molecule has 0 radical (unpaired) electrons. The first kappa shape index (κ1) is 20.9. The van der Waals surface area contributed by atoms with Crippen molar-refractivity contribution >= 4 is 33.3 Å². The fourth-order valence-corrected chi connectivity index (χ4v) is 4.14. The fourth-order valence-electron chi connectivity index (χ4n) is 3.53. The van der Waals surface area contributed by atoms with Gasteiger partial charge in [0.2, 0.25) is 5.95 Å². The summed E-state index contributed by atoms with van der Waals surface area (Å²) in [6.07, 6.45) is 1.29. The van der Waals surface area contributed by atoms with Crippen LogP contribution in [0.2, 0.25) is 0 Å². The third-order valence-corrected chi connectivity index (χ3v) is 5.82. The van der Waals surface area contributed by atoms with Gasteiger partial charge in [0.25, 0.3) is 0 Å². The van der Waals surface area contributed by atoms with Gasteiger partial charge in [-0.25, -0.2) is 9.97 Å². The lowest BCUT2D eigenvalue weighted by molar-refractivity contribution is -0.121. The number of Topliss-reactive ketones (excluding diaryl/α,β-unsaturated/α-hetero) is 1. The highest BCUT2D eigenvalue weighted by Gasteiger charge is 2.19. The molecule has 1 aromatic heterocycles. The largest absolute Gasteiger partial charge is 0.310 e. The van der Waals surface area contributed by atoms with Crippen molar-refractivity contribution in [2.45, 2.75) is 53.0 Å². The fraction of sp³-hybridized carbons (Fsp3) is 0.500. The summed E-state index contributed by atoms with van der Waals surface area (Å²) >= 11 is 3.74. The molecular formula is C22H29BrN4O. The molecule has 0 N–H and O–H groups in total. The van der Waals surface area contributed by atoms with Gasteiger partial charge >= 0.3 is 0 Å². The molecule has 1 fully saturated rings. The molecule has 0 atom stereocenters. The number of carbonyl (C=O) groups excluding carboxylic acids is 1. The molecule has 0 unspecified atom stereocenters. The minimum absolute atomic E-state index is 0.364. The van der Waals surface area contributed by atoms with E-state index in [2.05, 4.69) is 64.7 Å². The molecule has 1 aliphatic heterocycles. The van der Waals surface area contributed by atoms with Crippen molar-refractivity contribution in [2.24, 2.45) is 0 Å². The molecule has 0 aliphatic carbocycles. The molecule has 2 aromatic rings. The summed E-state index contributed by atoms with van der Waals surface area (Å²) in [7, 11) is 0. The number of piperidine rings is 1. The lowest BCUT2D eigenvalue weighted by Crippen LogP contribution is -2.33. The number of hydrogen-bond acceptors (Lipinski definition) is 5. The summed E-state index contributed by atoms with van der Waals surface area (Å²) in [5, 5.41) is 0. The molecule has 150 valence electrons. The number of rotatable bonds is 6. The minimum Gasteiger partial charge on any atom is -0.310 e. The second-order valence-electron chi connectivity index (χ2n) is 7.73. The van der Waals surface area contributed by atoms with Gasteiger partial charge in [0.1, 0.15) is 5.78 Å². The van der Waals surface area contributed by atoms with Crippen molar-refractivity contribution in [1.82, 2.24) is 14.9 Å². The standard InChI is InChI=1S/C22H29BrN4O/c1-5-27(21-7-6-17(15(2)3)13-20(21)23)22-24-16(4)12-18(25-22)14-26-10-8-19(28)9-11-26/h6-7,12-13,15H,5,8-11,14H2,1-4H3. The number of aryl methyl sites for hydroxylation is 1. The molecule has 1 saturated heterocycles. The lowest BCUT2D eigenvalue weighted by atomic mass is 10.0. The Morgan fingerprint density at radius 3 is 2.50 bits per heavy atom. The van der Waals surface area contributed by atoms with Crippen LogP contribution in [0.1, 0.15) is 56.5 Å². The van der Waals surface area contributed by atoms with Gasteiger partial charge in [-0.2, -0.15) is 0 Å². The maximum Gasteiger partial charge on any atom is 0.230 e. The van der Waals surface area contributed by atoms with Crippen molar-refractivity contribution < 1.29 is 4.79 Å².